The van der Waals surface area contributed by atoms with E-state index in [2.05, 4.69) is 20.8 Å². The zero-order chi connectivity index (χ0) is 16.1. The Labute approximate surface area is 146 Å². The van der Waals surface area contributed by atoms with Crippen LogP contribution < -0.4 is 10.6 Å². The molecule has 24 heavy (non-hydrogen) atoms. The Hall–Kier alpha value is -1.96. The maximum absolute atomic E-state index is 12.1. The SMILES string of the molecule is CC(NC(=O)C1COCCN1)c1nc(Cc2ccccc2)no1.Cl. The molecule has 1 aliphatic rings. The van der Waals surface area contributed by atoms with Crippen LogP contribution >= 0.6 is 12.4 Å². The summed E-state index contributed by atoms with van der Waals surface area (Å²) in [5, 5.41) is 9.95. The summed E-state index contributed by atoms with van der Waals surface area (Å²) in [7, 11) is 0. The van der Waals surface area contributed by atoms with Crippen LogP contribution in [-0.4, -0.2) is 41.8 Å². The van der Waals surface area contributed by atoms with Crippen molar-refractivity contribution in [1.82, 2.24) is 20.8 Å². The minimum atomic E-state index is -0.344. The first-order chi connectivity index (χ1) is 11.2. The van der Waals surface area contributed by atoms with E-state index in [0.717, 1.165) is 5.56 Å². The van der Waals surface area contributed by atoms with Crippen molar-refractivity contribution in [3.63, 3.8) is 0 Å². The van der Waals surface area contributed by atoms with E-state index in [9.17, 15) is 4.79 Å². The Morgan fingerprint density at radius 1 is 1.42 bits per heavy atom. The van der Waals surface area contributed by atoms with Crippen molar-refractivity contribution in [3.8, 4) is 0 Å². The molecule has 1 saturated heterocycles. The van der Waals surface area contributed by atoms with Crippen molar-refractivity contribution >= 4 is 18.3 Å². The van der Waals surface area contributed by atoms with Crippen molar-refractivity contribution in [2.45, 2.75) is 25.4 Å². The second-order valence-corrected chi connectivity index (χ2v) is 5.52. The summed E-state index contributed by atoms with van der Waals surface area (Å²) in [6, 6.07) is 9.25. The molecule has 0 radical (unpaired) electrons. The first kappa shape index (κ1) is 18.4. The van der Waals surface area contributed by atoms with Gasteiger partial charge in [0.15, 0.2) is 5.82 Å². The fourth-order valence-electron chi connectivity index (χ4n) is 2.40. The molecule has 1 aromatic carbocycles. The van der Waals surface area contributed by atoms with E-state index in [1.165, 1.54) is 0 Å². The van der Waals surface area contributed by atoms with Gasteiger partial charge in [0, 0.05) is 13.0 Å². The summed E-state index contributed by atoms with van der Waals surface area (Å²) < 4.78 is 10.5. The van der Waals surface area contributed by atoms with Gasteiger partial charge in [0.1, 0.15) is 12.1 Å². The molecule has 0 bridgehead atoms. The Balaban J connectivity index is 0.00000208. The van der Waals surface area contributed by atoms with Gasteiger partial charge in [-0.15, -0.1) is 12.4 Å². The van der Waals surface area contributed by atoms with Crippen LogP contribution in [0.5, 0.6) is 0 Å². The van der Waals surface area contributed by atoms with Gasteiger partial charge in [0.2, 0.25) is 11.8 Å². The summed E-state index contributed by atoms with van der Waals surface area (Å²) in [5.41, 5.74) is 1.11. The Kier molecular flexibility index (Phi) is 6.72. The summed E-state index contributed by atoms with van der Waals surface area (Å²) in [5.74, 6) is 0.882. The van der Waals surface area contributed by atoms with Crippen LogP contribution in [0.1, 0.15) is 30.2 Å². The normalized spacial score (nSPS) is 18.5. The van der Waals surface area contributed by atoms with E-state index in [-0.39, 0.29) is 30.4 Å². The predicted molar refractivity (Wildman–Crippen MR) is 90.0 cm³/mol. The van der Waals surface area contributed by atoms with Gasteiger partial charge in [0.25, 0.3) is 0 Å². The number of hydrogen-bond acceptors (Lipinski definition) is 6. The highest BCUT2D eigenvalue weighted by Gasteiger charge is 2.24. The predicted octanol–water partition coefficient (Wildman–Crippen LogP) is 1.25. The number of carbonyl (C=O) groups excluding carboxylic acids is 1. The van der Waals surface area contributed by atoms with Crippen molar-refractivity contribution in [3.05, 3.63) is 47.6 Å². The fourth-order valence-corrected chi connectivity index (χ4v) is 2.40. The van der Waals surface area contributed by atoms with Gasteiger partial charge in [-0.2, -0.15) is 4.98 Å². The summed E-state index contributed by atoms with van der Waals surface area (Å²) >= 11 is 0. The summed E-state index contributed by atoms with van der Waals surface area (Å²) in [6.07, 6.45) is 0.600. The molecule has 8 heteroatoms. The number of morpholine rings is 1. The van der Waals surface area contributed by atoms with Crippen molar-refractivity contribution in [2.24, 2.45) is 0 Å². The molecule has 0 saturated carbocycles. The van der Waals surface area contributed by atoms with E-state index < -0.39 is 0 Å². The number of rotatable bonds is 5. The number of nitrogens with zero attached hydrogens (tertiary/aromatic N) is 2. The summed E-state index contributed by atoms with van der Waals surface area (Å²) in [4.78, 5) is 16.5. The van der Waals surface area contributed by atoms with Crippen LogP contribution in [0, 0.1) is 0 Å². The second kappa shape index (κ2) is 8.77. The average Bonchev–Trinajstić information content (AvgIpc) is 3.05. The highest BCUT2D eigenvalue weighted by molar-refractivity contribution is 5.85. The third-order valence-electron chi connectivity index (χ3n) is 3.66. The molecule has 3 rings (SSSR count). The molecule has 0 spiro atoms. The lowest BCUT2D eigenvalue weighted by molar-refractivity contribution is -0.126. The highest BCUT2D eigenvalue weighted by atomic mass is 35.5. The van der Waals surface area contributed by atoms with Gasteiger partial charge in [-0.3, -0.25) is 4.79 Å². The molecule has 130 valence electrons. The topological polar surface area (TPSA) is 89.3 Å². The van der Waals surface area contributed by atoms with Crippen molar-refractivity contribution < 1.29 is 14.1 Å². The minimum absolute atomic E-state index is 0. The van der Waals surface area contributed by atoms with E-state index in [4.69, 9.17) is 9.26 Å². The first-order valence-corrected chi connectivity index (χ1v) is 7.70. The van der Waals surface area contributed by atoms with Crippen molar-refractivity contribution in [1.29, 1.82) is 0 Å². The average molecular weight is 353 g/mol. The number of nitrogens with one attached hydrogen (secondary N) is 2. The number of aromatic nitrogens is 2. The molecule has 2 aromatic rings. The van der Waals surface area contributed by atoms with Crippen LogP contribution in [0.2, 0.25) is 0 Å². The second-order valence-electron chi connectivity index (χ2n) is 5.52. The molecule has 0 aliphatic carbocycles. The van der Waals surface area contributed by atoms with Crippen molar-refractivity contribution in [2.75, 3.05) is 19.8 Å². The van der Waals surface area contributed by atoms with Gasteiger partial charge in [0.05, 0.1) is 13.2 Å². The summed E-state index contributed by atoms with van der Waals surface area (Å²) in [6.45, 7) is 3.50. The largest absolute Gasteiger partial charge is 0.378 e. The third kappa shape index (κ3) is 4.77. The quantitative estimate of drug-likeness (QED) is 0.841. The molecule has 1 aromatic heterocycles. The number of benzene rings is 1. The molecule has 2 N–H and O–H groups in total. The Morgan fingerprint density at radius 2 is 2.21 bits per heavy atom. The standard InChI is InChI=1S/C16H20N4O3.ClH/c1-11(18-15(21)13-10-22-8-7-17-13)16-19-14(20-23-16)9-12-5-3-2-4-6-12;/h2-6,11,13,17H,7-10H2,1H3,(H,18,21);1H. The number of amides is 1. The zero-order valence-electron chi connectivity index (χ0n) is 13.4. The Morgan fingerprint density at radius 3 is 2.92 bits per heavy atom. The molecule has 2 heterocycles. The molecule has 2 atom stereocenters. The highest BCUT2D eigenvalue weighted by Crippen LogP contribution is 2.12. The van der Waals surface area contributed by atoms with Gasteiger partial charge in [-0.05, 0) is 12.5 Å². The lowest BCUT2D eigenvalue weighted by Gasteiger charge is -2.23. The zero-order valence-corrected chi connectivity index (χ0v) is 14.2. The van der Waals surface area contributed by atoms with E-state index >= 15 is 0 Å². The fraction of sp³-hybridized carbons (Fsp3) is 0.438. The minimum Gasteiger partial charge on any atom is -0.378 e. The van der Waals surface area contributed by atoms with E-state index in [1.54, 1.807) is 0 Å². The number of halogens is 1. The van der Waals surface area contributed by atoms with Gasteiger partial charge < -0.3 is 19.9 Å². The smallest absolute Gasteiger partial charge is 0.248 e. The monoisotopic (exact) mass is 352 g/mol. The van der Waals surface area contributed by atoms with Crippen LogP contribution in [0.25, 0.3) is 0 Å². The van der Waals surface area contributed by atoms with Crippen LogP contribution in [0.3, 0.4) is 0 Å². The number of ether oxygens (including phenoxy) is 1. The lowest BCUT2D eigenvalue weighted by atomic mass is 10.1. The first-order valence-electron chi connectivity index (χ1n) is 7.70. The molecular formula is C16H21ClN4O3. The lowest BCUT2D eigenvalue weighted by Crippen LogP contribution is -2.51. The molecular weight excluding hydrogens is 332 g/mol. The van der Waals surface area contributed by atoms with Gasteiger partial charge in [-0.25, -0.2) is 0 Å². The van der Waals surface area contributed by atoms with E-state index in [0.29, 0.717) is 37.9 Å². The van der Waals surface area contributed by atoms with Crippen LogP contribution in [-0.2, 0) is 16.0 Å². The van der Waals surface area contributed by atoms with Crippen LogP contribution in [0.4, 0.5) is 0 Å². The molecule has 1 fully saturated rings. The number of hydrogen-bond donors (Lipinski definition) is 2. The van der Waals surface area contributed by atoms with Crippen LogP contribution in [0.15, 0.2) is 34.9 Å². The maximum atomic E-state index is 12.1. The molecule has 2 unspecified atom stereocenters. The van der Waals surface area contributed by atoms with Gasteiger partial charge in [-0.1, -0.05) is 35.5 Å². The number of carbonyl (C=O) groups is 1. The third-order valence-corrected chi connectivity index (χ3v) is 3.66. The van der Waals surface area contributed by atoms with Gasteiger partial charge >= 0.3 is 0 Å². The molecule has 1 amide bonds. The molecule has 7 nitrogen and oxygen atoms in total. The maximum Gasteiger partial charge on any atom is 0.248 e. The van der Waals surface area contributed by atoms with E-state index in [1.807, 2.05) is 37.3 Å². The Bertz CT molecular complexity index is 644. The molecule has 1 aliphatic heterocycles.